The molecule has 0 aliphatic rings. The Morgan fingerprint density at radius 2 is 2.05 bits per heavy atom. The number of fused-ring (bicyclic) bond motifs is 1. The van der Waals surface area contributed by atoms with Crippen LogP contribution in [0.15, 0.2) is 12.3 Å². The lowest BCUT2D eigenvalue weighted by atomic mass is 10.1. The minimum atomic E-state index is -1.57. The van der Waals surface area contributed by atoms with Crippen LogP contribution >= 0.6 is 0 Å². The van der Waals surface area contributed by atoms with Crippen LogP contribution in [-0.4, -0.2) is 11.5 Å². The molecule has 19 heavy (non-hydrogen) atoms. The van der Waals surface area contributed by atoms with Gasteiger partial charge in [0.1, 0.15) is 6.07 Å². The molecule has 0 aliphatic heterocycles. The molecular weight excluding hydrogens is 255 g/mol. The molecule has 2 rings (SSSR count). The van der Waals surface area contributed by atoms with Gasteiger partial charge in [0.05, 0.1) is 22.2 Å². The van der Waals surface area contributed by atoms with Gasteiger partial charge in [0, 0.05) is 18.8 Å². The molecule has 0 amide bonds. The number of anilines is 1. The summed E-state index contributed by atoms with van der Waals surface area (Å²) < 4.78 is 40.3. The Balaban J connectivity index is 2.80. The molecule has 98 valence electrons. The summed E-state index contributed by atoms with van der Waals surface area (Å²) in [4.78, 5) is 3.77. The lowest BCUT2D eigenvalue weighted by molar-refractivity contribution is 0.453. The molecule has 0 fully saturated rings. The van der Waals surface area contributed by atoms with Gasteiger partial charge in [0.15, 0.2) is 17.5 Å². The summed E-state index contributed by atoms with van der Waals surface area (Å²) in [6.45, 7) is 2.37. The summed E-state index contributed by atoms with van der Waals surface area (Å²) in [6.07, 6.45) is 1.94. The van der Waals surface area contributed by atoms with Gasteiger partial charge in [-0.3, -0.25) is 4.98 Å². The van der Waals surface area contributed by atoms with Gasteiger partial charge in [0.2, 0.25) is 0 Å². The van der Waals surface area contributed by atoms with Gasteiger partial charge in [-0.15, -0.1) is 0 Å². The third-order valence-electron chi connectivity index (χ3n) is 2.67. The van der Waals surface area contributed by atoms with Crippen molar-refractivity contribution in [2.24, 2.45) is 0 Å². The minimum absolute atomic E-state index is 0.0333. The molecule has 0 saturated heterocycles. The Morgan fingerprint density at radius 1 is 1.32 bits per heavy atom. The summed E-state index contributed by atoms with van der Waals surface area (Å²) in [5, 5.41) is 11.6. The largest absolute Gasteiger partial charge is 0.383 e. The van der Waals surface area contributed by atoms with Crippen molar-refractivity contribution in [3.05, 3.63) is 35.3 Å². The molecule has 0 unspecified atom stereocenters. The van der Waals surface area contributed by atoms with Crippen LogP contribution < -0.4 is 5.32 Å². The number of rotatable bonds is 3. The highest BCUT2D eigenvalue weighted by atomic mass is 19.2. The SMILES string of the molecule is CCCNc1c(C#N)cnc2cc(F)c(F)c(F)c12. The van der Waals surface area contributed by atoms with Crippen LogP contribution in [0.2, 0.25) is 0 Å². The maximum absolute atomic E-state index is 13.9. The van der Waals surface area contributed by atoms with Gasteiger partial charge in [-0.05, 0) is 6.42 Å². The number of hydrogen-bond acceptors (Lipinski definition) is 3. The third kappa shape index (κ3) is 2.19. The zero-order valence-electron chi connectivity index (χ0n) is 10.1. The fraction of sp³-hybridized carbons (Fsp3) is 0.231. The molecule has 1 aromatic carbocycles. The van der Waals surface area contributed by atoms with E-state index in [1.165, 1.54) is 6.20 Å². The number of benzene rings is 1. The zero-order valence-corrected chi connectivity index (χ0v) is 10.1. The highest BCUT2D eigenvalue weighted by molar-refractivity contribution is 5.94. The summed E-state index contributed by atoms with van der Waals surface area (Å²) in [5.41, 5.74) is 0.200. The first-order valence-corrected chi connectivity index (χ1v) is 5.70. The van der Waals surface area contributed by atoms with E-state index < -0.39 is 17.5 Å². The van der Waals surface area contributed by atoms with Crippen LogP contribution in [0.25, 0.3) is 10.9 Å². The monoisotopic (exact) mass is 265 g/mol. The van der Waals surface area contributed by atoms with Crippen molar-refractivity contribution >= 4 is 16.6 Å². The van der Waals surface area contributed by atoms with Crippen molar-refractivity contribution in [2.45, 2.75) is 13.3 Å². The summed E-state index contributed by atoms with van der Waals surface area (Å²) in [7, 11) is 0. The average Bonchev–Trinajstić information content (AvgIpc) is 2.42. The van der Waals surface area contributed by atoms with Crippen molar-refractivity contribution in [3.8, 4) is 6.07 Å². The van der Waals surface area contributed by atoms with Crippen LogP contribution in [0.5, 0.6) is 0 Å². The van der Waals surface area contributed by atoms with Crippen LogP contribution in [0.4, 0.5) is 18.9 Å². The standard InChI is InChI=1S/C13H10F3N3/c1-2-3-18-13-7(5-17)6-19-9-4-8(14)11(15)12(16)10(9)13/h4,6H,2-3H2,1H3,(H,18,19). The second kappa shape index (κ2) is 5.14. The highest BCUT2D eigenvalue weighted by Gasteiger charge is 2.19. The third-order valence-corrected chi connectivity index (χ3v) is 2.67. The van der Waals surface area contributed by atoms with Crippen LogP contribution in [0.3, 0.4) is 0 Å². The molecule has 0 radical (unpaired) electrons. The Hall–Kier alpha value is -2.29. The smallest absolute Gasteiger partial charge is 0.195 e. The second-order valence-electron chi connectivity index (χ2n) is 3.97. The number of pyridine rings is 1. The maximum Gasteiger partial charge on any atom is 0.195 e. The molecule has 1 N–H and O–H groups in total. The van der Waals surface area contributed by atoms with Gasteiger partial charge in [-0.25, -0.2) is 13.2 Å². The first-order chi connectivity index (χ1) is 9.10. The van der Waals surface area contributed by atoms with E-state index in [0.29, 0.717) is 6.54 Å². The van der Waals surface area contributed by atoms with Crippen LogP contribution in [-0.2, 0) is 0 Å². The van der Waals surface area contributed by atoms with E-state index in [9.17, 15) is 13.2 Å². The molecule has 0 saturated carbocycles. The highest BCUT2D eigenvalue weighted by Crippen LogP contribution is 2.30. The average molecular weight is 265 g/mol. The first-order valence-electron chi connectivity index (χ1n) is 5.70. The zero-order chi connectivity index (χ0) is 14.0. The Labute approximate surface area is 107 Å². The van der Waals surface area contributed by atoms with E-state index in [4.69, 9.17) is 5.26 Å². The first kappa shape index (κ1) is 13.1. The van der Waals surface area contributed by atoms with E-state index >= 15 is 0 Å². The van der Waals surface area contributed by atoms with Crippen molar-refractivity contribution in [3.63, 3.8) is 0 Å². The Bertz CT molecular complexity index is 677. The number of nitrogens with zero attached hydrogens (tertiary/aromatic N) is 2. The number of nitriles is 1. The predicted molar refractivity (Wildman–Crippen MR) is 65.1 cm³/mol. The molecular formula is C13H10F3N3. The van der Waals surface area contributed by atoms with Crippen molar-refractivity contribution in [2.75, 3.05) is 11.9 Å². The van der Waals surface area contributed by atoms with Crippen molar-refractivity contribution < 1.29 is 13.2 Å². The van der Waals surface area contributed by atoms with Crippen molar-refractivity contribution in [1.82, 2.24) is 4.98 Å². The Kier molecular flexibility index (Phi) is 3.56. The molecule has 0 atom stereocenters. The van der Waals surface area contributed by atoms with Gasteiger partial charge >= 0.3 is 0 Å². The van der Waals surface area contributed by atoms with E-state index in [0.717, 1.165) is 12.5 Å². The topological polar surface area (TPSA) is 48.7 Å². The maximum atomic E-state index is 13.9. The van der Waals surface area contributed by atoms with Crippen molar-refractivity contribution in [1.29, 1.82) is 5.26 Å². The predicted octanol–water partition coefficient (Wildman–Crippen LogP) is 3.35. The molecule has 6 heteroatoms. The minimum Gasteiger partial charge on any atom is -0.383 e. The van der Waals surface area contributed by atoms with Crippen LogP contribution in [0, 0.1) is 28.8 Å². The number of halogens is 3. The van der Waals surface area contributed by atoms with E-state index in [-0.39, 0.29) is 22.2 Å². The summed E-state index contributed by atoms with van der Waals surface area (Å²) >= 11 is 0. The lowest BCUT2D eigenvalue weighted by Gasteiger charge is -2.11. The van der Waals surface area contributed by atoms with E-state index in [2.05, 4.69) is 10.3 Å². The molecule has 1 aromatic heterocycles. The summed E-state index contributed by atoms with van der Waals surface area (Å²) in [6, 6.07) is 2.66. The summed E-state index contributed by atoms with van der Waals surface area (Å²) in [5.74, 6) is -4.20. The number of hydrogen-bond donors (Lipinski definition) is 1. The second-order valence-corrected chi connectivity index (χ2v) is 3.97. The van der Waals surface area contributed by atoms with E-state index in [1.54, 1.807) is 0 Å². The molecule has 1 heterocycles. The fourth-order valence-corrected chi connectivity index (χ4v) is 1.77. The molecule has 0 bridgehead atoms. The fourth-order valence-electron chi connectivity index (χ4n) is 1.77. The lowest BCUT2D eigenvalue weighted by Crippen LogP contribution is -2.06. The molecule has 0 aliphatic carbocycles. The number of aromatic nitrogens is 1. The normalized spacial score (nSPS) is 10.5. The molecule has 2 aromatic rings. The van der Waals surface area contributed by atoms with Crippen LogP contribution in [0.1, 0.15) is 18.9 Å². The number of nitrogens with one attached hydrogen (secondary N) is 1. The molecule has 3 nitrogen and oxygen atoms in total. The molecule has 0 spiro atoms. The van der Waals surface area contributed by atoms with Gasteiger partial charge < -0.3 is 5.32 Å². The van der Waals surface area contributed by atoms with Gasteiger partial charge in [-0.1, -0.05) is 6.92 Å². The quantitative estimate of drug-likeness (QED) is 0.866. The van der Waals surface area contributed by atoms with Gasteiger partial charge in [0.25, 0.3) is 0 Å². The van der Waals surface area contributed by atoms with Gasteiger partial charge in [-0.2, -0.15) is 5.26 Å². The van der Waals surface area contributed by atoms with E-state index in [1.807, 2.05) is 13.0 Å². The Morgan fingerprint density at radius 3 is 2.68 bits per heavy atom.